The zero-order valence-electron chi connectivity index (χ0n) is 9.84. The molecular weight excluding hydrogens is 186 g/mol. The van der Waals surface area contributed by atoms with Gasteiger partial charge in [-0.1, -0.05) is 13.8 Å². The van der Waals surface area contributed by atoms with E-state index in [-0.39, 0.29) is 0 Å². The van der Waals surface area contributed by atoms with E-state index in [0.717, 1.165) is 18.9 Å². The lowest BCUT2D eigenvalue weighted by Crippen LogP contribution is -2.07. The molecule has 0 aliphatic heterocycles. The molecule has 0 saturated carbocycles. The lowest BCUT2D eigenvalue weighted by atomic mass is 10.1. The smallest absolute Gasteiger partial charge is 0.213 e. The van der Waals surface area contributed by atoms with Gasteiger partial charge in [0.15, 0.2) is 0 Å². The maximum absolute atomic E-state index is 5.66. The molecule has 1 aliphatic rings. The normalized spacial score (nSPS) is 14.4. The van der Waals surface area contributed by atoms with Crippen molar-refractivity contribution in [3.05, 3.63) is 22.9 Å². The first kappa shape index (κ1) is 10.5. The molecule has 1 aromatic rings. The molecule has 2 nitrogen and oxygen atoms in total. The summed E-state index contributed by atoms with van der Waals surface area (Å²) in [7, 11) is 0. The number of hydrogen-bond donors (Lipinski definition) is 0. The van der Waals surface area contributed by atoms with Crippen molar-refractivity contribution >= 4 is 0 Å². The van der Waals surface area contributed by atoms with Crippen molar-refractivity contribution in [2.24, 2.45) is 5.92 Å². The molecule has 0 amide bonds. The van der Waals surface area contributed by atoms with Crippen LogP contribution < -0.4 is 4.74 Å². The van der Waals surface area contributed by atoms with Crippen molar-refractivity contribution in [3.63, 3.8) is 0 Å². The summed E-state index contributed by atoms with van der Waals surface area (Å²) in [5.41, 5.74) is 4.05. The van der Waals surface area contributed by atoms with Gasteiger partial charge in [-0.3, -0.25) is 0 Å². The fraction of sp³-hybridized carbons (Fsp3) is 0.615. The molecule has 1 heterocycles. The molecule has 0 atom stereocenters. The van der Waals surface area contributed by atoms with Crippen LogP contribution in [0.1, 0.15) is 37.1 Å². The third-order valence-electron chi connectivity index (χ3n) is 2.81. The van der Waals surface area contributed by atoms with Gasteiger partial charge in [0.2, 0.25) is 5.88 Å². The lowest BCUT2D eigenvalue weighted by molar-refractivity contribution is 0.260. The van der Waals surface area contributed by atoms with E-state index in [9.17, 15) is 0 Å². The number of fused-ring (bicyclic) bond motifs is 1. The van der Waals surface area contributed by atoms with Gasteiger partial charge in [0, 0.05) is 11.8 Å². The predicted molar refractivity (Wildman–Crippen MR) is 61.3 cm³/mol. The molecule has 0 bridgehead atoms. The van der Waals surface area contributed by atoms with Gasteiger partial charge < -0.3 is 4.74 Å². The summed E-state index contributed by atoms with van der Waals surface area (Å²) in [6, 6.07) is 2.08. The van der Waals surface area contributed by atoms with Crippen LogP contribution in [0.2, 0.25) is 0 Å². The Hall–Kier alpha value is -1.05. The first-order chi connectivity index (χ1) is 7.16. The number of ether oxygens (including phenoxy) is 1. The van der Waals surface area contributed by atoms with Gasteiger partial charge >= 0.3 is 0 Å². The Morgan fingerprint density at radius 3 is 2.93 bits per heavy atom. The molecule has 1 aromatic heterocycles. The van der Waals surface area contributed by atoms with Crippen LogP contribution in [0.3, 0.4) is 0 Å². The van der Waals surface area contributed by atoms with Gasteiger partial charge in [-0.05, 0) is 43.2 Å². The number of aryl methyl sites for hydroxylation is 2. The number of aromatic nitrogens is 1. The number of rotatable bonds is 3. The second-order valence-electron chi connectivity index (χ2n) is 4.76. The van der Waals surface area contributed by atoms with Crippen LogP contribution in [-0.4, -0.2) is 11.6 Å². The molecule has 0 radical (unpaired) electrons. The average Bonchev–Trinajstić information content (AvgIpc) is 2.63. The molecule has 15 heavy (non-hydrogen) atoms. The molecule has 0 N–H and O–H groups in total. The summed E-state index contributed by atoms with van der Waals surface area (Å²) in [4.78, 5) is 4.56. The number of hydrogen-bond acceptors (Lipinski definition) is 2. The van der Waals surface area contributed by atoms with Crippen molar-refractivity contribution in [2.45, 2.75) is 40.0 Å². The highest BCUT2D eigenvalue weighted by molar-refractivity contribution is 5.36. The van der Waals surface area contributed by atoms with E-state index >= 15 is 0 Å². The molecule has 82 valence electrons. The molecule has 0 saturated heterocycles. The molecule has 2 heteroatoms. The lowest BCUT2D eigenvalue weighted by Gasteiger charge is -2.10. The Balaban J connectivity index is 2.16. The fourth-order valence-corrected chi connectivity index (χ4v) is 2.04. The van der Waals surface area contributed by atoms with Gasteiger partial charge in [-0.25, -0.2) is 4.98 Å². The minimum Gasteiger partial charge on any atom is -0.477 e. The Morgan fingerprint density at radius 1 is 1.40 bits per heavy atom. The molecule has 0 spiro atoms. The zero-order valence-corrected chi connectivity index (χ0v) is 9.84. The summed E-state index contributed by atoms with van der Waals surface area (Å²) < 4.78 is 5.66. The van der Waals surface area contributed by atoms with E-state index in [2.05, 4.69) is 31.8 Å². The van der Waals surface area contributed by atoms with Crippen molar-refractivity contribution in [2.75, 3.05) is 6.61 Å². The van der Waals surface area contributed by atoms with Gasteiger partial charge in [0.1, 0.15) is 0 Å². The molecular formula is C13H19NO. The van der Waals surface area contributed by atoms with E-state index in [1.54, 1.807) is 0 Å². The first-order valence-electron chi connectivity index (χ1n) is 5.79. The van der Waals surface area contributed by atoms with Crippen molar-refractivity contribution in [1.82, 2.24) is 4.98 Å². The van der Waals surface area contributed by atoms with Crippen molar-refractivity contribution < 1.29 is 4.74 Å². The SMILES string of the molecule is Cc1cc(OCC(C)C)nc2c1CCC2. The summed E-state index contributed by atoms with van der Waals surface area (Å²) in [5, 5.41) is 0. The summed E-state index contributed by atoms with van der Waals surface area (Å²) in [5.74, 6) is 1.36. The summed E-state index contributed by atoms with van der Waals surface area (Å²) in [6.07, 6.45) is 3.56. The second kappa shape index (κ2) is 4.21. The Labute approximate surface area is 91.7 Å². The predicted octanol–water partition coefficient (Wildman–Crippen LogP) is 2.91. The van der Waals surface area contributed by atoms with Crippen LogP contribution >= 0.6 is 0 Å². The maximum atomic E-state index is 5.66. The molecule has 0 fully saturated rings. The van der Waals surface area contributed by atoms with E-state index in [1.807, 2.05) is 0 Å². The van der Waals surface area contributed by atoms with Crippen LogP contribution in [0.25, 0.3) is 0 Å². The van der Waals surface area contributed by atoms with Crippen LogP contribution in [0.4, 0.5) is 0 Å². The van der Waals surface area contributed by atoms with Gasteiger partial charge in [-0.2, -0.15) is 0 Å². The highest BCUT2D eigenvalue weighted by atomic mass is 16.5. The zero-order chi connectivity index (χ0) is 10.8. The Kier molecular flexibility index (Phi) is 2.94. The Morgan fingerprint density at radius 2 is 2.20 bits per heavy atom. The molecule has 1 aliphatic carbocycles. The van der Waals surface area contributed by atoms with Gasteiger partial charge in [0.25, 0.3) is 0 Å². The third kappa shape index (κ3) is 2.31. The van der Waals surface area contributed by atoms with Crippen LogP contribution in [0.15, 0.2) is 6.07 Å². The molecule has 0 unspecified atom stereocenters. The first-order valence-corrected chi connectivity index (χ1v) is 5.79. The monoisotopic (exact) mass is 205 g/mol. The van der Waals surface area contributed by atoms with Crippen LogP contribution in [0, 0.1) is 12.8 Å². The molecule has 2 rings (SSSR count). The highest BCUT2D eigenvalue weighted by Crippen LogP contribution is 2.26. The minimum atomic E-state index is 0.556. The topological polar surface area (TPSA) is 22.1 Å². The second-order valence-corrected chi connectivity index (χ2v) is 4.76. The third-order valence-corrected chi connectivity index (χ3v) is 2.81. The Bertz CT molecular complexity index is 358. The van der Waals surface area contributed by atoms with E-state index in [1.165, 1.54) is 29.7 Å². The standard InChI is InChI=1S/C13H19NO/c1-9(2)8-15-13-7-10(3)11-5-4-6-12(11)14-13/h7,9H,4-6,8H2,1-3H3. The fourth-order valence-electron chi connectivity index (χ4n) is 2.04. The van der Waals surface area contributed by atoms with E-state index < -0.39 is 0 Å². The quantitative estimate of drug-likeness (QED) is 0.757. The highest BCUT2D eigenvalue weighted by Gasteiger charge is 2.16. The van der Waals surface area contributed by atoms with Crippen molar-refractivity contribution in [1.29, 1.82) is 0 Å². The molecule has 0 aromatic carbocycles. The average molecular weight is 205 g/mol. The van der Waals surface area contributed by atoms with E-state index in [4.69, 9.17) is 4.74 Å². The largest absolute Gasteiger partial charge is 0.477 e. The van der Waals surface area contributed by atoms with E-state index in [0.29, 0.717) is 5.92 Å². The van der Waals surface area contributed by atoms with Crippen LogP contribution in [0.5, 0.6) is 5.88 Å². The summed E-state index contributed by atoms with van der Waals surface area (Å²) >= 11 is 0. The van der Waals surface area contributed by atoms with Crippen molar-refractivity contribution in [3.8, 4) is 5.88 Å². The minimum absolute atomic E-state index is 0.556. The van der Waals surface area contributed by atoms with Crippen LogP contribution in [-0.2, 0) is 12.8 Å². The van der Waals surface area contributed by atoms with Gasteiger partial charge in [0.05, 0.1) is 6.61 Å². The number of nitrogens with zero attached hydrogens (tertiary/aromatic N) is 1. The number of pyridine rings is 1. The summed E-state index contributed by atoms with van der Waals surface area (Å²) in [6.45, 7) is 7.22. The maximum Gasteiger partial charge on any atom is 0.213 e. The van der Waals surface area contributed by atoms with Gasteiger partial charge in [-0.15, -0.1) is 0 Å².